The maximum Gasteiger partial charge on any atom is 0.331 e. The van der Waals surface area contributed by atoms with Gasteiger partial charge in [0.15, 0.2) is 5.54 Å². The van der Waals surface area contributed by atoms with E-state index in [1.165, 1.54) is 17.1 Å². The quantitative estimate of drug-likeness (QED) is 0.908. The molecule has 2 rings (SSSR count). The van der Waals surface area contributed by atoms with Crippen LogP contribution in [0.5, 0.6) is 0 Å². The summed E-state index contributed by atoms with van der Waals surface area (Å²) in [5.41, 5.74) is 2.81. The number of carbonyl (C=O) groups is 2. The molecule has 122 valence electrons. The van der Waals surface area contributed by atoms with Gasteiger partial charge in [0.05, 0.1) is 11.9 Å². The summed E-state index contributed by atoms with van der Waals surface area (Å²) >= 11 is 0. The molecule has 0 unspecified atom stereocenters. The van der Waals surface area contributed by atoms with Crippen LogP contribution in [-0.4, -0.2) is 26.8 Å². The number of rotatable bonds is 4. The van der Waals surface area contributed by atoms with Crippen LogP contribution in [-0.2, 0) is 10.3 Å². The number of carboxylic acids is 1. The summed E-state index contributed by atoms with van der Waals surface area (Å²) in [5, 5.41) is 16.0. The number of aryl methyl sites for hydroxylation is 3. The Labute approximate surface area is 135 Å². The third-order valence-electron chi connectivity index (χ3n) is 3.84. The van der Waals surface area contributed by atoms with E-state index in [1.54, 1.807) is 13.8 Å². The minimum Gasteiger partial charge on any atom is -0.479 e. The number of aromatic nitrogens is 2. The molecule has 0 atom stereocenters. The number of benzene rings is 1. The van der Waals surface area contributed by atoms with Gasteiger partial charge in [-0.1, -0.05) is 17.7 Å². The summed E-state index contributed by atoms with van der Waals surface area (Å²) in [7, 11) is 0. The van der Waals surface area contributed by atoms with Crippen LogP contribution in [0.4, 0.5) is 5.69 Å². The van der Waals surface area contributed by atoms with E-state index in [1.807, 2.05) is 32.9 Å². The Morgan fingerprint density at radius 2 is 1.74 bits per heavy atom. The molecule has 1 aromatic carbocycles. The predicted molar refractivity (Wildman–Crippen MR) is 87.8 cm³/mol. The third-order valence-corrected chi connectivity index (χ3v) is 3.84. The second-order valence-corrected chi connectivity index (χ2v) is 6.27. The van der Waals surface area contributed by atoms with Crippen molar-refractivity contribution in [2.75, 3.05) is 5.32 Å². The molecule has 1 heterocycles. The summed E-state index contributed by atoms with van der Waals surface area (Å²) in [4.78, 5) is 23.7. The lowest BCUT2D eigenvalue weighted by molar-refractivity contribution is -0.146. The zero-order valence-corrected chi connectivity index (χ0v) is 14.0. The molecule has 1 amide bonds. The van der Waals surface area contributed by atoms with Crippen LogP contribution < -0.4 is 5.32 Å². The summed E-state index contributed by atoms with van der Waals surface area (Å²) in [6.07, 6.45) is 2.96. The van der Waals surface area contributed by atoms with Gasteiger partial charge in [0, 0.05) is 11.8 Å². The average molecular weight is 315 g/mol. The largest absolute Gasteiger partial charge is 0.479 e. The van der Waals surface area contributed by atoms with E-state index in [-0.39, 0.29) is 5.91 Å². The first-order chi connectivity index (χ1) is 10.6. The van der Waals surface area contributed by atoms with E-state index in [0.29, 0.717) is 11.3 Å². The highest BCUT2D eigenvalue weighted by Crippen LogP contribution is 2.20. The Morgan fingerprint density at radius 3 is 2.26 bits per heavy atom. The van der Waals surface area contributed by atoms with Crippen LogP contribution in [0.15, 0.2) is 24.5 Å². The fraction of sp³-hybridized carbons (Fsp3) is 0.353. The van der Waals surface area contributed by atoms with Crippen molar-refractivity contribution in [3.05, 3.63) is 46.8 Å². The molecule has 0 saturated heterocycles. The molecular formula is C17H21N3O3. The number of nitrogens with one attached hydrogen (secondary N) is 1. The number of hydrogen-bond acceptors (Lipinski definition) is 3. The van der Waals surface area contributed by atoms with Gasteiger partial charge in [0.1, 0.15) is 0 Å². The number of aliphatic carboxylic acids is 1. The molecule has 0 saturated carbocycles. The smallest absolute Gasteiger partial charge is 0.331 e. The van der Waals surface area contributed by atoms with Crippen molar-refractivity contribution in [1.29, 1.82) is 0 Å². The van der Waals surface area contributed by atoms with Gasteiger partial charge in [0.25, 0.3) is 5.91 Å². The Hall–Kier alpha value is -2.63. The molecule has 6 heteroatoms. The molecule has 0 radical (unpaired) electrons. The zero-order valence-electron chi connectivity index (χ0n) is 14.0. The van der Waals surface area contributed by atoms with E-state index >= 15 is 0 Å². The zero-order chi connectivity index (χ0) is 17.4. The summed E-state index contributed by atoms with van der Waals surface area (Å²) in [6.45, 7) is 8.86. The molecule has 6 nitrogen and oxygen atoms in total. The number of nitrogens with zero attached hydrogens (tertiary/aromatic N) is 2. The highest BCUT2D eigenvalue weighted by atomic mass is 16.4. The molecule has 0 spiro atoms. The van der Waals surface area contributed by atoms with Gasteiger partial charge in [-0.25, -0.2) is 4.79 Å². The number of carboxylic acid groups (broad SMARTS) is 1. The van der Waals surface area contributed by atoms with Crippen molar-refractivity contribution in [3.8, 4) is 0 Å². The Balaban J connectivity index is 2.26. The fourth-order valence-corrected chi connectivity index (χ4v) is 2.52. The van der Waals surface area contributed by atoms with Crippen LogP contribution in [0.25, 0.3) is 0 Å². The first-order valence-electron chi connectivity index (χ1n) is 7.30. The van der Waals surface area contributed by atoms with E-state index in [0.717, 1.165) is 16.7 Å². The second-order valence-electron chi connectivity index (χ2n) is 6.27. The lowest BCUT2D eigenvalue weighted by Gasteiger charge is -2.19. The lowest BCUT2D eigenvalue weighted by atomic mass is 9.99. The number of hydrogen-bond donors (Lipinski definition) is 2. The van der Waals surface area contributed by atoms with E-state index in [4.69, 9.17) is 0 Å². The van der Waals surface area contributed by atoms with Crippen molar-refractivity contribution < 1.29 is 14.7 Å². The molecule has 2 aromatic rings. The minimum atomic E-state index is -1.18. The van der Waals surface area contributed by atoms with Crippen LogP contribution in [0.3, 0.4) is 0 Å². The van der Waals surface area contributed by atoms with Gasteiger partial charge >= 0.3 is 5.97 Å². The lowest BCUT2D eigenvalue weighted by Crippen LogP contribution is -2.35. The van der Waals surface area contributed by atoms with Crippen molar-refractivity contribution in [2.24, 2.45) is 0 Å². The van der Waals surface area contributed by atoms with Gasteiger partial charge in [-0.3, -0.25) is 9.48 Å². The van der Waals surface area contributed by atoms with Crippen LogP contribution >= 0.6 is 0 Å². The fourth-order valence-electron chi connectivity index (χ4n) is 2.52. The molecule has 1 aromatic heterocycles. The van der Waals surface area contributed by atoms with Crippen molar-refractivity contribution >= 4 is 17.6 Å². The molecule has 0 fully saturated rings. The Kier molecular flexibility index (Phi) is 4.27. The van der Waals surface area contributed by atoms with Gasteiger partial charge in [-0.2, -0.15) is 5.10 Å². The first-order valence-corrected chi connectivity index (χ1v) is 7.30. The maximum atomic E-state index is 12.5. The summed E-state index contributed by atoms with van der Waals surface area (Å²) in [6, 6.07) is 3.91. The highest BCUT2D eigenvalue weighted by molar-refractivity contribution is 6.06. The molecule has 0 aliphatic heterocycles. The molecule has 0 aliphatic rings. The standard InChI is InChI=1S/C17H21N3O3/c1-10-6-11(2)14(12(3)7-10)15(21)19-13-8-18-20(9-13)17(4,5)16(22)23/h6-9H,1-5H3,(H,19,21)(H,22,23). The number of amides is 1. The second kappa shape index (κ2) is 5.87. The van der Waals surface area contributed by atoms with Gasteiger partial charge in [0.2, 0.25) is 0 Å². The molecule has 0 aliphatic carbocycles. The summed E-state index contributed by atoms with van der Waals surface area (Å²) < 4.78 is 1.32. The first kappa shape index (κ1) is 16.7. The molecule has 2 N–H and O–H groups in total. The summed E-state index contributed by atoms with van der Waals surface area (Å²) in [5.74, 6) is -1.23. The average Bonchev–Trinajstić information content (AvgIpc) is 2.86. The Morgan fingerprint density at radius 1 is 1.17 bits per heavy atom. The topological polar surface area (TPSA) is 84.2 Å². The normalized spacial score (nSPS) is 11.3. The highest BCUT2D eigenvalue weighted by Gasteiger charge is 2.30. The number of carbonyl (C=O) groups excluding carboxylic acids is 1. The van der Waals surface area contributed by atoms with E-state index in [2.05, 4.69) is 10.4 Å². The molecule has 23 heavy (non-hydrogen) atoms. The van der Waals surface area contributed by atoms with E-state index in [9.17, 15) is 14.7 Å². The van der Waals surface area contributed by atoms with Crippen molar-refractivity contribution in [3.63, 3.8) is 0 Å². The van der Waals surface area contributed by atoms with Gasteiger partial charge in [-0.15, -0.1) is 0 Å². The SMILES string of the molecule is Cc1cc(C)c(C(=O)Nc2cnn(C(C)(C)C(=O)O)c2)c(C)c1. The third kappa shape index (κ3) is 3.26. The van der Waals surface area contributed by atoms with Crippen LogP contribution in [0.1, 0.15) is 40.9 Å². The van der Waals surface area contributed by atoms with Gasteiger partial charge < -0.3 is 10.4 Å². The molecular weight excluding hydrogens is 294 g/mol. The number of anilines is 1. The van der Waals surface area contributed by atoms with Gasteiger partial charge in [-0.05, 0) is 45.7 Å². The van der Waals surface area contributed by atoms with Crippen LogP contribution in [0.2, 0.25) is 0 Å². The van der Waals surface area contributed by atoms with Crippen molar-refractivity contribution in [2.45, 2.75) is 40.2 Å². The Bertz CT molecular complexity index is 752. The van der Waals surface area contributed by atoms with Crippen molar-refractivity contribution in [1.82, 2.24) is 9.78 Å². The monoisotopic (exact) mass is 315 g/mol. The molecule has 0 bridgehead atoms. The maximum absolute atomic E-state index is 12.5. The van der Waals surface area contributed by atoms with Crippen LogP contribution in [0, 0.1) is 20.8 Å². The minimum absolute atomic E-state index is 0.229. The van der Waals surface area contributed by atoms with E-state index < -0.39 is 11.5 Å². The predicted octanol–water partition coefficient (Wildman–Crippen LogP) is 2.88.